The number of rotatable bonds is 3. The molecule has 3 aliphatic rings. The number of carbonyl (C=O) groups excluding carboxylic acids is 2. The average molecular weight is 510 g/mol. The van der Waals surface area contributed by atoms with E-state index in [0.717, 1.165) is 0 Å². The minimum atomic E-state index is -2.53. The van der Waals surface area contributed by atoms with Crippen molar-refractivity contribution in [3.05, 3.63) is 0 Å². The molecule has 0 radical (unpaired) electrons. The van der Waals surface area contributed by atoms with Crippen LogP contribution in [0.1, 0.15) is 12.8 Å². The Labute approximate surface area is 197 Å². The smallest absolute Gasteiger partial charge is 0.335 e. The van der Waals surface area contributed by atoms with Gasteiger partial charge in [-0.25, -0.2) is 4.79 Å². The van der Waals surface area contributed by atoms with Gasteiger partial charge in [-0.2, -0.15) is 0 Å². The van der Waals surface area contributed by atoms with Gasteiger partial charge in [-0.1, -0.05) is 0 Å². The molecular weight excluding hydrogens is 480 g/mol. The largest absolute Gasteiger partial charge is 0.479 e. The van der Waals surface area contributed by atoms with E-state index in [1.807, 2.05) is 0 Å². The van der Waals surface area contributed by atoms with Crippen LogP contribution in [-0.4, -0.2) is 137 Å². The number of ether oxygens (including phenoxy) is 2. The Hall–Kier alpha value is -1.95. The molecule has 0 bridgehead atoms. The molecule has 14 atom stereocenters. The molecule has 3 rings (SSSR count). The average Bonchev–Trinajstić information content (AvgIpc) is 2.82. The standard InChI is InChI=1S/C20H30O15/c21-6-1-4-9(13(26)11(6)24)10-5(2-7(22)12(25)14(10)27)20(33)35-17(8(23)3-34-19(4)32)15(28)16(29)18(30)31/h4-17,21-29H,1-3H2,(H,30,31). The second-order valence-electron chi connectivity index (χ2n) is 9.31. The first-order valence-electron chi connectivity index (χ1n) is 11.0. The summed E-state index contributed by atoms with van der Waals surface area (Å²) in [7, 11) is 0. The number of hydrogen-bond donors (Lipinski definition) is 10. The van der Waals surface area contributed by atoms with E-state index in [9.17, 15) is 60.3 Å². The Morgan fingerprint density at radius 1 is 0.743 bits per heavy atom. The first kappa shape index (κ1) is 27.6. The molecular formula is C20H30O15. The molecule has 14 unspecified atom stereocenters. The van der Waals surface area contributed by atoms with E-state index in [1.165, 1.54) is 0 Å². The normalized spacial score (nSPS) is 46.7. The van der Waals surface area contributed by atoms with Crippen molar-refractivity contribution in [2.75, 3.05) is 6.61 Å². The molecule has 1 aliphatic heterocycles. The number of aliphatic carboxylic acids is 1. The van der Waals surface area contributed by atoms with Crippen LogP contribution in [0.15, 0.2) is 0 Å². The van der Waals surface area contributed by atoms with Crippen molar-refractivity contribution in [3.8, 4) is 0 Å². The van der Waals surface area contributed by atoms with Crippen LogP contribution in [0.25, 0.3) is 0 Å². The number of cyclic esters (lactones) is 2. The topological polar surface area (TPSA) is 272 Å². The lowest BCUT2D eigenvalue weighted by Crippen LogP contribution is -2.62. The van der Waals surface area contributed by atoms with Gasteiger partial charge in [0.2, 0.25) is 0 Å². The van der Waals surface area contributed by atoms with Gasteiger partial charge in [0.25, 0.3) is 0 Å². The number of carboxylic acid groups (broad SMARTS) is 1. The molecule has 10 N–H and O–H groups in total. The number of carboxylic acids is 1. The maximum Gasteiger partial charge on any atom is 0.335 e. The van der Waals surface area contributed by atoms with Crippen LogP contribution in [0.5, 0.6) is 0 Å². The molecule has 200 valence electrons. The third-order valence-corrected chi connectivity index (χ3v) is 7.19. The van der Waals surface area contributed by atoms with E-state index < -0.39 is 122 Å². The van der Waals surface area contributed by atoms with E-state index >= 15 is 0 Å². The molecule has 0 aromatic rings. The lowest BCUT2D eigenvalue weighted by atomic mass is 9.59. The van der Waals surface area contributed by atoms with E-state index in [0.29, 0.717) is 0 Å². The highest BCUT2D eigenvalue weighted by Crippen LogP contribution is 2.46. The third-order valence-electron chi connectivity index (χ3n) is 7.19. The Morgan fingerprint density at radius 3 is 1.66 bits per heavy atom. The summed E-state index contributed by atoms with van der Waals surface area (Å²) in [6, 6.07) is 0. The molecule has 35 heavy (non-hydrogen) atoms. The van der Waals surface area contributed by atoms with Crippen molar-refractivity contribution in [2.45, 2.75) is 73.9 Å². The monoisotopic (exact) mass is 510 g/mol. The van der Waals surface area contributed by atoms with Crippen molar-refractivity contribution in [1.82, 2.24) is 0 Å². The van der Waals surface area contributed by atoms with Gasteiger partial charge in [-0.15, -0.1) is 0 Å². The molecule has 2 aliphatic carbocycles. The summed E-state index contributed by atoms with van der Waals surface area (Å²) in [5.41, 5.74) is 0. The summed E-state index contributed by atoms with van der Waals surface area (Å²) in [4.78, 5) is 37.1. The summed E-state index contributed by atoms with van der Waals surface area (Å²) in [6.45, 7) is -0.971. The second-order valence-corrected chi connectivity index (χ2v) is 9.31. The van der Waals surface area contributed by atoms with Crippen molar-refractivity contribution < 1.29 is 74.9 Å². The van der Waals surface area contributed by atoms with E-state index in [1.54, 1.807) is 0 Å². The number of aliphatic hydroxyl groups is 9. The van der Waals surface area contributed by atoms with Crippen molar-refractivity contribution in [3.63, 3.8) is 0 Å². The number of fused-ring (bicyclic) bond motifs is 3. The highest BCUT2D eigenvalue weighted by atomic mass is 16.6. The minimum Gasteiger partial charge on any atom is -0.479 e. The molecule has 0 aromatic carbocycles. The fraction of sp³-hybridized carbons (Fsp3) is 0.850. The maximum atomic E-state index is 13.1. The summed E-state index contributed by atoms with van der Waals surface area (Å²) >= 11 is 0. The number of carbonyl (C=O) groups is 3. The molecule has 0 spiro atoms. The van der Waals surface area contributed by atoms with Gasteiger partial charge >= 0.3 is 17.9 Å². The molecule has 15 heteroatoms. The van der Waals surface area contributed by atoms with Gasteiger partial charge in [-0.05, 0) is 12.8 Å². The first-order valence-corrected chi connectivity index (χ1v) is 11.0. The fourth-order valence-electron chi connectivity index (χ4n) is 5.29. The van der Waals surface area contributed by atoms with Crippen LogP contribution in [0, 0.1) is 23.7 Å². The zero-order valence-electron chi connectivity index (χ0n) is 18.2. The fourth-order valence-corrected chi connectivity index (χ4v) is 5.29. The zero-order valence-corrected chi connectivity index (χ0v) is 18.2. The first-order chi connectivity index (χ1) is 16.3. The van der Waals surface area contributed by atoms with Gasteiger partial charge in [0, 0.05) is 11.8 Å². The number of hydrogen-bond acceptors (Lipinski definition) is 14. The predicted octanol–water partition coefficient (Wildman–Crippen LogP) is -5.94. The quantitative estimate of drug-likeness (QED) is 0.158. The second kappa shape index (κ2) is 10.6. The van der Waals surface area contributed by atoms with Crippen molar-refractivity contribution >= 4 is 17.9 Å². The lowest BCUT2D eigenvalue weighted by molar-refractivity contribution is -0.212. The maximum absolute atomic E-state index is 13.1. The van der Waals surface area contributed by atoms with Crippen LogP contribution < -0.4 is 0 Å². The van der Waals surface area contributed by atoms with Crippen LogP contribution >= 0.6 is 0 Å². The SMILES string of the molecule is O=C(O)C(O)C(O)C1OC(=O)C2CC(O)C(O)C(O)C2C2C(CC(O)C(O)C2O)C(=O)OCC1O. The number of esters is 2. The Morgan fingerprint density at radius 2 is 1.20 bits per heavy atom. The Balaban J connectivity index is 2.09. The third kappa shape index (κ3) is 5.14. The van der Waals surface area contributed by atoms with Crippen LogP contribution in [0.3, 0.4) is 0 Å². The Kier molecular flexibility index (Phi) is 8.35. The molecule has 0 amide bonds. The summed E-state index contributed by atoms with van der Waals surface area (Å²) in [6.07, 6.45) is -21.0. The molecule has 1 saturated heterocycles. The predicted molar refractivity (Wildman–Crippen MR) is 106 cm³/mol. The van der Waals surface area contributed by atoms with Gasteiger partial charge in [-0.3, -0.25) is 9.59 Å². The van der Waals surface area contributed by atoms with Crippen molar-refractivity contribution in [1.29, 1.82) is 0 Å². The van der Waals surface area contributed by atoms with E-state index in [4.69, 9.17) is 14.6 Å². The number of aliphatic hydroxyl groups excluding tert-OH is 9. The van der Waals surface area contributed by atoms with Gasteiger partial charge < -0.3 is 60.5 Å². The zero-order chi connectivity index (χ0) is 26.4. The molecule has 2 saturated carbocycles. The Bertz CT molecular complexity index is 805. The highest BCUT2D eigenvalue weighted by Gasteiger charge is 2.58. The lowest BCUT2D eigenvalue weighted by Gasteiger charge is -2.49. The van der Waals surface area contributed by atoms with Gasteiger partial charge in [0.15, 0.2) is 12.2 Å². The van der Waals surface area contributed by atoms with E-state index in [-0.39, 0.29) is 0 Å². The molecule has 3 fully saturated rings. The molecule has 15 nitrogen and oxygen atoms in total. The minimum absolute atomic E-state index is 0.495. The van der Waals surface area contributed by atoms with Crippen LogP contribution in [0.2, 0.25) is 0 Å². The summed E-state index contributed by atoms with van der Waals surface area (Å²) in [5, 5.41) is 102. The summed E-state index contributed by atoms with van der Waals surface area (Å²) in [5.74, 6) is -10.5. The molecule has 0 aromatic heterocycles. The summed E-state index contributed by atoms with van der Waals surface area (Å²) < 4.78 is 10.1. The van der Waals surface area contributed by atoms with Gasteiger partial charge in [0.1, 0.15) is 31.0 Å². The highest BCUT2D eigenvalue weighted by molar-refractivity contribution is 5.76. The van der Waals surface area contributed by atoms with Crippen molar-refractivity contribution in [2.24, 2.45) is 23.7 Å². The van der Waals surface area contributed by atoms with Gasteiger partial charge in [0.05, 0.1) is 36.3 Å². The van der Waals surface area contributed by atoms with E-state index in [2.05, 4.69) is 0 Å². The van der Waals surface area contributed by atoms with Crippen LogP contribution in [-0.2, 0) is 23.9 Å². The van der Waals surface area contributed by atoms with Crippen LogP contribution in [0.4, 0.5) is 0 Å². The molecule has 1 heterocycles.